The van der Waals surface area contributed by atoms with Crippen molar-refractivity contribution in [2.45, 2.75) is 49.7 Å². The van der Waals surface area contributed by atoms with Crippen LogP contribution in [0.2, 0.25) is 0 Å². The second-order valence-electron chi connectivity index (χ2n) is 29.3. The third-order valence-electron chi connectivity index (χ3n) is 22.5. The summed E-state index contributed by atoms with van der Waals surface area (Å²) in [5.74, 6) is 0. The van der Waals surface area contributed by atoms with Crippen molar-refractivity contribution < 1.29 is 9.31 Å². The lowest BCUT2D eigenvalue weighted by atomic mass is 9.67. The van der Waals surface area contributed by atoms with E-state index in [-0.39, 0.29) is 23.7 Å². The molecule has 3 aliphatic rings. The lowest BCUT2D eigenvalue weighted by Crippen LogP contribution is -2.41. The van der Waals surface area contributed by atoms with Gasteiger partial charge in [-0.1, -0.05) is 392 Å². The van der Waals surface area contributed by atoms with Gasteiger partial charge in [-0.2, -0.15) is 0 Å². The molecule has 0 saturated carbocycles. The topological polar surface area (TPSA) is 18.5 Å². The van der Waals surface area contributed by atoms with E-state index in [4.69, 9.17) is 9.31 Å². The molecule has 0 radical (unpaired) electrons. The summed E-state index contributed by atoms with van der Waals surface area (Å²) in [5, 5.41) is 0. The van der Waals surface area contributed by atoms with E-state index in [2.05, 4.69) is 450 Å². The van der Waals surface area contributed by atoms with E-state index in [1.54, 1.807) is 0 Å². The summed E-state index contributed by atoms with van der Waals surface area (Å²) < 4.78 is 13.6. The van der Waals surface area contributed by atoms with Crippen LogP contribution in [-0.2, 0) is 20.1 Å². The van der Waals surface area contributed by atoms with Crippen LogP contribution in [0, 0.1) is 0 Å². The second-order valence-corrected chi connectivity index (χ2v) is 30.3. The molecule has 0 spiro atoms. The molecule has 0 unspecified atom stereocenters. The molecule has 108 heavy (non-hydrogen) atoms. The minimum atomic E-state index is -0.407. The Morgan fingerprint density at radius 2 is 0.454 bits per heavy atom. The van der Waals surface area contributed by atoms with Gasteiger partial charge in [-0.3, -0.25) is 0 Å². The van der Waals surface area contributed by atoms with Gasteiger partial charge in [-0.25, -0.2) is 0 Å². The zero-order chi connectivity index (χ0) is 73.2. The van der Waals surface area contributed by atoms with Gasteiger partial charge in [0.2, 0.25) is 0 Å². The molecule has 0 bridgehead atoms. The Labute approximate surface area is 644 Å². The molecule has 1 fully saturated rings. The third-order valence-corrected chi connectivity index (χ3v) is 23.0. The highest BCUT2D eigenvalue weighted by molar-refractivity contribution is 9.10. The van der Waals surface area contributed by atoms with Crippen molar-refractivity contribution in [1.82, 2.24) is 0 Å². The Hall–Kier alpha value is -12.0. The molecule has 16 aromatic carbocycles. The first-order valence-electron chi connectivity index (χ1n) is 37.4. The van der Waals surface area contributed by atoms with Gasteiger partial charge in [0.05, 0.1) is 22.0 Å². The van der Waals surface area contributed by atoms with Crippen LogP contribution in [0.3, 0.4) is 0 Å². The number of hydrogen-bond donors (Lipinski definition) is 0. The van der Waals surface area contributed by atoms with E-state index in [9.17, 15) is 0 Å². The third kappa shape index (κ3) is 12.9. The van der Waals surface area contributed by atoms with Crippen LogP contribution >= 0.6 is 15.9 Å². The molecular formula is C104H80BBrO2. The fourth-order valence-corrected chi connectivity index (χ4v) is 16.9. The predicted molar refractivity (Wildman–Crippen MR) is 455 cm³/mol. The first kappa shape index (κ1) is 69.1. The highest BCUT2D eigenvalue weighted by Crippen LogP contribution is 2.58. The molecule has 0 amide bonds. The van der Waals surface area contributed by atoms with Crippen LogP contribution in [-0.4, -0.2) is 18.3 Å². The first-order valence-corrected chi connectivity index (χ1v) is 38.2. The van der Waals surface area contributed by atoms with Crippen molar-refractivity contribution in [2.24, 2.45) is 0 Å². The average Bonchev–Trinajstić information content (AvgIpc) is 1.54. The molecule has 0 atom stereocenters. The Morgan fingerprint density at radius 3 is 0.824 bits per heavy atom. The van der Waals surface area contributed by atoms with Crippen molar-refractivity contribution in [3.05, 3.63) is 461 Å². The summed E-state index contributed by atoms with van der Waals surface area (Å²) in [7, 11) is -0.352. The fraction of sp³-hybridized carbons (Fsp3) is 0.0769. The summed E-state index contributed by atoms with van der Waals surface area (Å²) in [6.45, 7) is 8.34. The van der Waals surface area contributed by atoms with E-state index >= 15 is 0 Å². The Balaban J connectivity index is 0.000000126. The summed E-state index contributed by atoms with van der Waals surface area (Å²) in [6.07, 6.45) is 0. The molecule has 518 valence electrons. The molecule has 2 nitrogen and oxygen atoms in total. The van der Waals surface area contributed by atoms with Crippen molar-refractivity contribution in [3.8, 4) is 100 Å². The van der Waals surface area contributed by atoms with Gasteiger partial charge < -0.3 is 9.31 Å². The van der Waals surface area contributed by atoms with Gasteiger partial charge in [-0.15, -0.1) is 0 Å². The van der Waals surface area contributed by atoms with Crippen LogP contribution in [0.15, 0.2) is 417 Å². The number of halogens is 1. The molecule has 0 aromatic heterocycles. The van der Waals surface area contributed by atoms with Crippen molar-refractivity contribution >= 4 is 28.5 Å². The zero-order valence-electron chi connectivity index (χ0n) is 61.0. The van der Waals surface area contributed by atoms with Gasteiger partial charge in [0, 0.05) is 4.47 Å². The lowest BCUT2D eigenvalue weighted by Gasteiger charge is -2.34. The first-order chi connectivity index (χ1) is 52.9. The molecule has 1 heterocycles. The summed E-state index contributed by atoms with van der Waals surface area (Å²) in [4.78, 5) is 0. The van der Waals surface area contributed by atoms with Gasteiger partial charge >= 0.3 is 7.12 Å². The lowest BCUT2D eigenvalue weighted by molar-refractivity contribution is 0.00578. The van der Waals surface area contributed by atoms with Gasteiger partial charge in [0.15, 0.2) is 0 Å². The minimum absolute atomic E-state index is 0.293. The van der Waals surface area contributed by atoms with E-state index in [0.29, 0.717) is 0 Å². The average molecular weight is 1450 g/mol. The van der Waals surface area contributed by atoms with Crippen LogP contribution in [0.5, 0.6) is 0 Å². The fourth-order valence-electron chi connectivity index (χ4n) is 16.5. The maximum atomic E-state index is 6.24. The van der Waals surface area contributed by atoms with E-state index < -0.39 is 5.41 Å². The summed E-state index contributed by atoms with van der Waals surface area (Å²) >= 11 is 3.71. The van der Waals surface area contributed by atoms with Crippen LogP contribution in [0.1, 0.15) is 72.2 Å². The summed E-state index contributed by atoms with van der Waals surface area (Å²) in [5.41, 5.74) is 32.4. The number of fused-ring (bicyclic) bond motifs is 6. The van der Waals surface area contributed by atoms with Crippen molar-refractivity contribution in [2.75, 3.05) is 0 Å². The van der Waals surface area contributed by atoms with Crippen LogP contribution < -0.4 is 5.46 Å². The smallest absolute Gasteiger partial charge is 0.399 e. The largest absolute Gasteiger partial charge is 0.494 e. The van der Waals surface area contributed by atoms with E-state index in [1.807, 2.05) is 6.07 Å². The molecule has 19 rings (SSSR count). The molecule has 1 saturated heterocycles. The van der Waals surface area contributed by atoms with Gasteiger partial charge in [-0.05, 0) is 214 Å². The normalized spacial score (nSPS) is 14.2. The van der Waals surface area contributed by atoms with Crippen molar-refractivity contribution in [1.29, 1.82) is 0 Å². The van der Waals surface area contributed by atoms with Crippen molar-refractivity contribution in [3.63, 3.8) is 0 Å². The van der Waals surface area contributed by atoms with Gasteiger partial charge in [0.1, 0.15) is 0 Å². The molecule has 4 heteroatoms. The number of hydrogen-bond acceptors (Lipinski definition) is 2. The standard InChI is InChI=1S/C49H34.C30H29BO2.C25H17Br/c1-4-14-35(15-5-1)38-16-12-17-39(32-38)36-26-28-37(29-27-36)40-18-13-19-41(33-40)42-30-31-46-45-24-10-11-25-47(45)49(48(46)34-42,43-20-6-2-7-21-43)44-22-8-3-9-23-44;1-29(2)30(3,4)33-31(32-29)28-15-9-14-27(21-28)24-18-16-23(17-19-24)26-13-8-12-25(20-26)22-10-6-5-7-11-22;26-20-15-16-22-21-13-7-8-14-23(21)25(24(22)17-20,18-9-3-1-4-10-18)19-11-5-2-6-12-19/h1-34H;5-21H,1-4H3;1-17H. The maximum absolute atomic E-state index is 6.24. The summed E-state index contributed by atoms with van der Waals surface area (Å²) in [6, 6.07) is 149. The maximum Gasteiger partial charge on any atom is 0.494 e. The quantitative estimate of drug-likeness (QED) is 0.114. The molecular weight excluding hydrogens is 1370 g/mol. The molecule has 0 N–H and O–H groups in total. The highest BCUT2D eigenvalue weighted by atomic mass is 79.9. The van der Waals surface area contributed by atoms with E-state index in [0.717, 1.165) is 15.5 Å². The van der Waals surface area contributed by atoms with E-state index in [1.165, 1.54) is 139 Å². The SMILES string of the molecule is Brc1ccc2c(c1)C(c1ccccc1)(c1ccccc1)c1ccccc1-2.CC1(C)OB(c2cccc(-c3ccc(-c4cccc(-c5ccccc5)c4)cc3)c2)OC1(C)C.c1ccc(-c2cccc(-c3ccc(-c4cccc(-c5ccc6c(c5)C(c5ccccc5)(c5ccccc5)c5ccccc5-6)c4)cc3)c2)cc1. The minimum Gasteiger partial charge on any atom is -0.399 e. The Kier molecular flexibility index (Phi) is 18.8. The van der Waals surface area contributed by atoms with Crippen LogP contribution in [0.25, 0.3) is 100 Å². The number of rotatable bonds is 12. The second kappa shape index (κ2) is 29.4. The Morgan fingerprint density at radius 1 is 0.204 bits per heavy atom. The zero-order valence-corrected chi connectivity index (χ0v) is 62.6. The van der Waals surface area contributed by atoms with Gasteiger partial charge in [0.25, 0.3) is 0 Å². The monoisotopic (exact) mass is 1450 g/mol. The molecule has 1 aliphatic heterocycles. The number of benzene rings is 16. The predicted octanol–water partition coefficient (Wildman–Crippen LogP) is 26.5. The molecule has 2 aliphatic carbocycles. The highest BCUT2D eigenvalue weighted by Gasteiger charge is 2.52. The van der Waals surface area contributed by atoms with Crippen LogP contribution in [0.4, 0.5) is 0 Å². The Bertz CT molecular complexity index is 5770. The molecule has 16 aromatic rings.